The summed E-state index contributed by atoms with van der Waals surface area (Å²) in [5.74, 6) is 0. The highest BCUT2D eigenvalue weighted by Crippen LogP contribution is 2.46. The third-order valence-electron chi connectivity index (χ3n) is 3.59. The second-order valence-corrected chi connectivity index (χ2v) is 6.31. The van der Waals surface area contributed by atoms with Gasteiger partial charge in [-0.1, -0.05) is 23.9 Å². The van der Waals surface area contributed by atoms with E-state index in [-0.39, 0.29) is 24.0 Å². The molecular weight excluding hydrogens is 427 g/mol. The number of anilines is 1. The van der Waals surface area contributed by atoms with Gasteiger partial charge in [0.05, 0.1) is 10.7 Å². The molecule has 0 atom stereocenters. The lowest BCUT2D eigenvalue weighted by Gasteiger charge is -2.17. The molecule has 22 heavy (non-hydrogen) atoms. The number of hydrogen-bond acceptors (Lipinski definition) is 2. The number of para-hydroxylation sites is 1. The van der Waals surface area contributed by atoms with Crippen LogP contribution < -0.4 is 33.4 Å². The number of nitrogens with zero attached hydrogens (tertiary/aromatic N) is 2. The number of halogens is 2. The summed E-state index contributed by atoms with van der Waals surface area (Å²) in [5.41, 5.74) is 2.43. The van der Waals surface area contributed by atoms with Gasteiger partial charge in [-0.15, -0.1) is 0 Å². The fraction of sp³-hybridized carbons (Fsp3) is 0.235. The number of rotatable bonds is 3. The first-order chi connectivity index (χ1) is 10.2. The van der Waals surface area contributed by atoms with Gasteiger partial charge in [-0.3, -0.25) is 0 Å². The number of fused-ring (bicyclic) bond motifs is 1. The second-order valence-electron chi connectivity index (χ2n) is 4.87. The number of thioether (sulfide) groups is 1. The summed E-state index contributed by atoms with van der Waals surface area (Å²) in [7, 11) is 0. The normalized spacial score (nSPS) is 14.9. The monoisotopic (exact) mass is 444 g/mol. The quantitative estimate of drug-likeness (QED) is 0.403. The van der Waals surface area contributed by atoms with E-state index in [2.05, 4.69) is 55.2 Å². The number of benzene rings is 1. The van der Waals surface area contributed by atoms with E-state index in [1.165, 1.54) is 15.6 Å². The largest absolute Gasteiger partial charge is 1.00 e. The average molecular weight is 445 g/mol. The van der Waals surface area contributed by atoms with Crippen molar-refractivity contribution in [3.63, 3.8) is 0 Å². The van der Waals surface area contributed by atoms with Gasteiger partial charge in [-0.05, 0) is 49.2 Å². The zero-order chi connectivity index (χ0) is 14.8. The summed E-state index contributed by atoms with van der Waals surface area (Å²) < 4.78 is 2.03. The van der Waals surface area contributed by atoms with Crippen LogP contribution in [0.3, 0.4) is 0 Å². The van der Waals surface area contributed by atoms with Gasteiger partial charge in [0.15, 0.2) is 6.20 Å². The molecule has 1 aliphatic heterocycles. The van der Waals surface area contributed by atoms with Crippen LogP contribution in [0.15, 0.2) is 52.5 Å². The molecule has 116 valence electrons. The predicted octanol–water partition coefficient (Wildman–Crippen LogP) is 1.58. The van der Waals surface area contributed by atoms with Crippen molar-refractivity contribution in [2.75, 3.05) is 11.4 Å². The molecule has 2 nitrogen and oxygen atoms in total. The highest BCUT2D eigenvalue weighted by Gasteiger charge is 2.23. The summed E-state index contributed by atoms with van der Waals surface area (Å²) in [6.45, 7) is 6.12. The molecule has 0 amide bonds. The first-order valence-electron chi connectivity index (χ1n) is 7.18. The summed E-state index contributed by atoms with van der Waals surface area (Å²) in [6.07, 6.45) is 4.25. The molecular formula is C17H18ClIN2S. The third kappa shape index (κ3) is 3.44. The zero-order valence-corrected chi connectivity index (χ0v) is 16.3. The van der Waals surface area contributed by atoms with Gasteiger partial charge >= 0.3 is 0 Å². The molecule has 0 saturated carbocycles. The van der Waals surface area contributed by atoms with Crippen LogP contribution in [-0.4, -0.2) is 6.54 Å². The number of hydrogen-bond donors (Lipinski definition) is 0. The zero-order valence-electron chi connectivity index (χ0n) is 12.6. The molecule has 0 aliphatic carbocycles. The topological polar surface area (TPSA) is 7.12 Å². The average Bonchev–Trinajstić information content (AvgIpc) is 2.84. The van der Waals surface area contributed by atoms with Crippen molar-refractivity contribution in [1.29, 1.82) is 0 Å². The first kappa shape index (κ1) is 17.6. The molecule has 0 radical (unpaired) electrons. The van der Waals surface area contributed by atoms with Gasteiger partial charge in [-0.2, -0.15) is 4.57 Å². The Balaban J connectivity index is 0.00000176. The maximum Gasteiger partial charge on any atom is 0.275 e. The van der Waals surface area contributed by atoms with Crippen molar-refractivity contribution in [3.05, 3.63) is 58.3 Å². The van der Waals surface area contributed by atoms with Crippen molar-refractivity contribution in [1.82, 2.24) is 0 Å². The van der Waals surface area contributed by atoms with E-state index in [1.54, 1.807) is 0 Å². The summed E-state index contributed by atoms with van der Waals surface area (Å²) >= 11 is 8.10. The fourth-order valence-electron chi connectivity index (χ4n) is 2.49. The Kier molecular flexibility index (Phi) is 6.17. The molecule has 0 spiro atoms. The predicted molar refractivity (Wildman–Crippen MR) is 90.6 cm³/mol. The third-order valence-corrected chi connectivity index (χ3v) is 5.03. The standard InChI is InChI=1S/C17H18ClN2S.HI/c1-3-19-10-9-13(11-16(19)18)12-17-20(4-2)14-7-5-6-8-15(14)21-17;/h5-12H,3-4H2,1-2H3;1H/q+1;/p-1. The van der Waals surface area contributed by atoms with Gasteiger partial charge in [-0.25, -0.2) is 0 Å². The molecule has 2 aromatic rings. The maximum absolute atomic E-state index is 6.29. The van der Waals surface area contributed by atoms with Crippen LogP contribution in [0.5, 0.6) is 0 Å². The lowest BCUT2D eigenvalue weighted by molar-refractivity contribution is -0.691. The van der Waals surface area contributed by atoms with E-state index in [9.17, 15) is 0 Å². The van der Waals surface area contributed by atoms with E-state index in [0.717, 1.165) is 23.8 Å². The van der Waals surface area contributed by atoms with E-state index >= 15 is 0 Å². The lowest BCUT2D eigenvalue weighted by atomic mass is 10.2. The maximum atomic E-state index is 6.29. The molecule has 2 heterocycles. The van der Waals surface area contributed by atoms with E-state index in [1.807, 2.05) is 28.6 Å². The smallest absolute Gasteiger partial charge is 0.275 e. The summed E-state index contributed by atoms with van der Waals surface area (Å²) in [5, 5.41) is 2.03. The lowest BCUT2D eigenvalue weighted by Crippen LogP contribution is -3.00. The van der Waals surface area contributed by atoms with Crippen molar-refractivity contribution in [3.8, 4) is 0 Å². The summed E-state index contributed by atoms with van der Waals surface area (Å²) in [6, 6.07) is 12.7. The molecule has 3 rings (SSSR count). The van der Waals surface area contributed by atoms with Gasteiger partial charge in [0.2, 0.25) is 0 Å². The van der Waals surface area contributed by atoms with Crippen molar-refractivity contribution < 1.29 is 28.5 Å². The molecule has 1 aliphatic rings. The minimum atomic E-state index is 0. The Morgan fingerprint density at radius 3 is 2.68 bits per heavy atom. The molecule has 0 N–H and O–H groups in total. The van der Waals surface area contributed by atoms with Crippen LogP contribution in [0.1, 0.15) is 19.4 Å². The Morgan fingerprint density at radius 2 is 2.00 bits per heavy atom. The summed E-state index contributed by atoms with van der Waals surface area (Å²) in [4.78, 5) is 3.66. The van der Waals surface area contributed by atoms with Gasteiger partial charge in [0.25, 0.3) is 5.15 Å². The van der Waals surface area contributed by atoms with Crippen LogP contribution in [0.25, 0.3) is 6.08 Å². The number of aryl methyl sites for hydroxylation is 1. The van der Waals surface area contributed by atoms with E-state index in [0.29, 0.717) is 0 Å². The Morgan fingerprint density at radius 1 is 1.23 bits per heavy atom. The van der Waals surface area contributed by atoms with Crippen LogP contribution in [0.2, 0.25) is 5.15 Å². The van der Waals surface area contributed by atoms with Crippen molar-refractivity contribution >= 4 is 35.1 Å². The van der Waals surface area contributed by atoms with Crippen LogP contribution >= 0.6 is 23.4 Å². The molecule has 0 unspecified atom stereocenters. The number of pyridine rings is 1. The Bertz CT molecular complexity index is 703. The van der Waals surface area contributed by atoms with Crippen LogP contribution in [-0.2, 0) is 6.54 Å². The first-order valence-corrected chi connectivity index (χ1v) is 8.37. The minimum absolute atomic E-state index is 0. The molecule has 0 bridgehead atoms. The Labute approximate surface area is 158 Å². The van der Waals surface area contributed by atoms with E-state index in [4.69, 9.17) is 11.6 Å². The van der Waals surface area contributed by atoms with E-state index < -0.39 is 0 Å². The molecule has 1 aromatic heterocycles. The minimum Gasteiger partial charge on any atom is -1.00 e. The fourth-order valence-corrected chi connectivity index (χ4v) is 3.98. The molecule has 0 fully saturated rings. The Hall–Kier alpha value is -0.720. The second kappa shape index (κ2) is 7.70. The van der Waals surface area contributed by atoms with Gasteiger partial charge in [0, 0.05) is 23.6 Å². The number of aromatic nitrogens is 1. The van der Waals surface area contributed by atoms with Crippen LogP contribution in [0.4, 0.5) is 5.69 Å². The van der Waals surface area contributed by atoms with Crippen molar-refractivity contribution in [2.24, 2.45) is 0 Å². The van der Waals surface area contributed by atoms with Crippen LogP contribution in [0, 0.1) is 0 Å². The highest BCUT2D eigenvalue weighted by molar-refractivity contribution is 8.03. The highest BCUT2D eigenvalue weighted by atomic mass is 127. The molecule has 1 aromatic carbocycles. The molecule has 5 heteroatoms. The van der Waals surface area contributed by atoms with Gasteiger partial charge < -0.3 is 28.9 Å². The van der Waals surface area contributed by atoms with Crippen molar-refractivity contribution in [2.45, 2.75) is 25.3 Å². The van der Waals surface area contributed by atoms with Gasteiger partial charge in [0.1, 0.15) is 6.54 Å². The SMILES string of the molecule is CCN1/C(=C/c2cc[n+](CC)c(Cl)c2)Sc2ccccc21.[I-]. The molecule has 0 saturated heterocycles.